The Bertz CT molecular complexity index is 138. The Morgan fingerprint density at radius 2 is 1.75 bits per heavy atom. The third-order valence-corrected chi connectivity index (χ3v) is 3.28. The van der Waals surface area contributed by atoms with Gasteiger partial charge in [0.05, 0.1) is 6.10 Å². The Morgan fingerprint density at radius 1 is 1.00 bits per heavy atom. The molecule has 1 rings (SSSR count). The summed E-state index contributed by atoms with van der Waals surface area (Å²) in [5, 5.41) is 0. The molecule has 94 valence electrons. The van der Waals surface area contributed by atoms with Crippen LogP contribution in [0.3, 0.4) is 0 Å². The van der Waals surface area contributed by atoms with Crippen LogP contribution in [-0.2, 0) is 4.74 Å². The van der Waals surface area contributed by atoms with E-state index in [1.807, 2.05) is 0 Å². The van der Waals surface area contributed by atoms with Gasteiger partial charge in [-0.05, 0) is 38.5 Å². The van der Waals surface area contributed by atoms with Crippen molar-refractivity contribution in [2.45, 2.75) is 77.2 Å². The summed E-state index contributed by atoms with van der Waals surface area (Å²) >= 11 is 0. The molecule has 1 saturated carbocycles. The zero-order chi connectivity index (χ0) is 11.5. The van der Waals surface area contributed by atoms with E-state index in [0.29, 0.717) is 6.10 Å². The Kier molecular flexibility index (Phi) is 8.88. The van der Waals surface area contributed by atoms with E-state index in [2.05, 4.69) is 19.8 Å². The van der Waals surface area contributed by atoms with Crippen molar-refractivity contribution in [1.82, 2.24) is 0 Å². The van der Waals surface area contributed by atoms with Crippen LogP contribution in [0.5, 0.6) is 0 Å². The van der Waals surface area contributed by atoms with E-state index < -0.39 is 0 Å². The molecule has 0 heterocycles. The summed E-state index contributed by atoms with van der Waals surface area (Å²) in [6.45, 7) is 3.23. The highest BCUT2D eigenvalue weighted by molar-refractivity contribution is 4.89. The van der Waals surface area contributed by atoms with E-state index in [9.17, 15) is 0 Å². The summed E-state index contributed by atoms with van der Waals surface area (Å²) < 4.78 is 5.82. The standard InChI is InChI=1S/C15H28O/c1-2-3-4-5-6-7-11-14-16-15-12-9-8-10-13-15/h9,13,15H,2-8,10-12,14H2,1H3. The molecule has 0 aliphatic heterocycles. The molecule has 0 aromatic rings. The minimum Gasteiger partial charge on any atom is -0.378 e. The number of hydrogen-bond donors (Lipinski definition) is 0. The minimum absolute atomic E-state index is 0.425. The van der Waals surface area contributed by atoms with Gasteiger partial charge in [-0.1, -0.05) is 45.4 Å². The lowest BCUT2D eigenvalue weighted by molar-refractivity contribution is 0.0638. The second-order valence-corrected chi connectivity index (χ2v) is 4.87. The van der Waals surface area contributed by atoms with Crippen LogP contribution in [0.1, 0.15) is 71.1 Å². The van der Waals surface area contributed by atoms with Crippen molar-refractivity contribution in [1.29, 1.82) is 0 Å². The lowest BCUT2D eigenvalue weighted by Crippen LogP contribution is -2.18. The molecule has 0 spiro atoms. The van der Waals surface area contributed by atoms with Crippen molar-refractivity contribution in [2.24, 2.45) is 0 Å². The summed E-state index contributed by atoms with van der Waals surface area (Å²) in [4.78, 5) is 0. The molecule has 1 nitrogen and oxygen atoms in total. The molecule has 0 amide bonds. The van der Waals surface area contributed by atoms with Crippen molar-refractivity contribution in [2.75, 3.05) is 6.61 Å². The second kappa shape index (κ2) is 10.1. The molecule has 2 radical (unpaired) electrons. The molecule has 1 heteroatoms. The maximum atomic E-state index is 5.82. The maximum Gasteiger partial charge on any atom is 0.0609 e. The van der Waals surface area contributed by atoms with Gasteiger partial charge in [0.1, 0.15) is 0 Å². The molecule has 0 bridgehead atoms. The molecule has 1 unspecified atom stereocenters. The summed E-state index contributed by atoms with van der Waals surface area (Å²) in [6.07, 6.45) is 18.3. The van der Waals surface area contributed by atoms with Gasteiger partial charge in [-0.2, -0.15) is 0 Å². The summed E-state index contributed by atoms with van der Waals surface area (Å²) in [5.41, 5.74) is 0. The van der Waals surface area contributed by atoms with Crippen LogP contribution in [0.2, 0.25) is 0 Å². The zero-order valence-corrected chi connectivity index (χ0v) is 10.9. The molecule has 0 aromatic carbocycles. The third kappa shape index (κ3) is 7.27. The highest BCUT2D eigenvalue weighted by Crippen LogP contribution is 2.18. The topological polar surface area (TPSA) is 9.23 Å². The van der Waals surface area contributed by atoms with Gasteiger partial charge in [0.25, 0.3) is 0 Å². The van der Waals surface area contributed by atoms with Crippen LogP contribution in [0.25, 0.3) is 0 Å². The lowest BCUT2D eigenvalue weighted by Gasteiger charge is -2.21. The van der Waals surface area contributed by atoms with Crippen molar-refractivity contribution in [3.8, 4) is 0 Å². The molecular formula is C15H28O. The van der Waals surface area contributed by atoms with E-state index in [-0.39, 0.29) is 0 Å². The molecule has 1 fully saturated rings. The molecule has 1 atom stereocenters. The largest absolute Gasteiger partial charge is 0.378 e. The van der Waals surface area contributed by atoms with Gasteiger partial charge in [-0.15, -0.1) is 0 Å². The van der Waals surface area contributed by atoms with E-state index in [4.69, 9.17) is 4.74 Å². The quantitative estimate of drug-likeness (QED) is 0.515. The fourth-order valence-corrected chi connectivity index (χ4v) is 2.21. The van der Waals surface area contributed by atoms with E-state index >= 15 is 0 Å². The van der Waals surface area contributed by atoms with Gasteiger partial charge in [-0.25, -0.2) is 0 Å². The molecule has 1 aliphatic rings. The Labute approximate surface area is 102 Å². The Balaban J connectivity index is 1.77. The van der Waals surface area contributed by atoms with Crippen LogP contribution in [0, 0.1) is 12.8 Å². The van der Waals surface area contributed by atoms with Gasteiger partial charge in [0, 0.05) is 6.61 Å². The van der Waals surface area contributed by atoms with E-state index in [1.54, 1.807) is 0 Å². The average molecular weight is 224 g/mol. The third-order valence-electron chi connectivity index (χ3n) is 3.28. The highest BCUT2D eigenvalue weighted by atomic mass is 16.5. The van der Waals surface area contributed by atoms with Gasteiger partial charge in [-0.3, -0.25) is 0 Å². The SMILES string of the molecule is CCCCCCCCCOC1[CH]CC[CH]C1. The zero-order valence-electron chi connectivity index (χ0n) is 10.9. The van der Waals surface area contributed by atoms with Crippen molar-refractivity contribution >= 4 is 0 Å². The fraction of sp³-hybridized carbons (Fsp3) is 0.867. The van der Waals surface area contributed by atoms with Crippen LogP contribution in [0.15, 0.2) is 0 Å². The van der Waals surface area contributed by atoms with Crippen LogP contribution >= 0.6 is 0 Å². The summed E-state index contributed by atoms with van der Waals surface area (Å²) in [7, 11) is 0. The first-order valence-electron chi connectivity index (χ1n) is 7.20. The lowest BCUT2D eigenvalue weighted by atomic mass is 9.98. The van der Waals surface area contributed by atoms with E-state index in [0.717, 1.165) is 13.0 Å². The summed E-state index contributed by atoms with van der Waals surface area (Å²) in [5.74, 6) is 0. The fourth-order valence-electron chi connectivity index (χ4n) is 2.21. The number of hydrogen-bond acceptors (Lipinski definition) is 1. The first-order chi connectivity index (χ1) is 7.93. The number of unbranched alkanes of at least 4 members (excludes halogenated alkanes) is 6. The second-order valence-electron chi connectivity index (χ2n) is 4.87. The van der Waals surface area contributed by atoms with Gasteiger partial charge in [0.2, 0.25) is 0 Å². The van der Waals surface area contributed by atoms with Crippen molar-refractivity contribution < 1.29 is 4.74 Å². The predicted molar refractivity (Wildman–Crippen MR) is 70.2 cm³/mol. The molecule has 0 N–H and O–H groups in total. The minimum atomic E-state index is 0.425. The molecular weight excluding hydrogens is 196 g/mol. The Hall–Kier alpha value is -0.0400. The maximum absolute atomic E-state index is 5.82. The molecule has 0 aromatic heterocycles. The van der Waals surface area contributed by atoms with Gasteiger partial charge in [0.15, 0.2) is 0 Å². The normalized spacial score (nSPS) is 17.8. The van der Waals surface area contributed by atoms with E-state index in [1.165, 1.54) is 57.8 Å². The molecule has 16 heavy (non-hydrogen) atoms. The van der Waals surface area contributed by atoms with Crippen LogP contribution in [-0.4, -0.2) is 12.7 Å². The highest BCUT2D eigenvalue weighted by Gasteiger charge is 2.13. The van der Waals surface area contributed by atoms with Gasteiger partial charge < -0.3 is 4.74 Å². The van der Waals surface area contributed by atoms with Crippen LogP contribution in [0.4, 0.5) is 0 Å². The molecule has 1 aliphatic carbocycles. The van der Waals surface area contributed by atoms with Crippen LogP contribution < -0.4 is 0 Å². The smallest absolute Gasteiger partial charge is 0.0609 e. The summed E-state index contributed by atoms with van der Waals surface area (Å²) in [6, 6.07) is 0. The monoisotopic (exact) mass is 224 g/mol. The average Bonchev–Trinajstić information content (AvgIpc) is 2.34. The molecule has 0 saturated heterocycles. The first-order valence-corrected chi connectivity index (χ1v) is 7.20. The Morgan fingerprint density at radius 3 is 2.44 bits per heavy atom. The predicted octanol–water partition coefficient (Wildman–Crippen LogP) is 4.71. The van der Waals surface area contributed by atoms with Gasteiger partial charge >= 0.3 is 0 Å². The van der Waals surface area contributed by atoms with Crippen molar-refractivity contribution in [3.05, 3.63) is 12.8 Å². The number of rotatable bonds is 9. The number of ether oxygens (including phenoxy) is 1. The first kappa shape index (κ1) is 14.0. The van der Waals surface area contributed by atoms with Crippen molar-refractivity contribution in [3.63, 3.8) is 0 Å².